The molecular weight excluding hydrogens is 224 g/mol. The largest absolute Gasteiger partial charge is 0.491 e. The highest BCUT2D eigenvalue weighted by Crippen LogP contribution is 2.31. The number of halogens is 1. The van der Waals surface area contributed by atoms with Crippen molar-refractivity contribution in [2.24, 2.45) is 11.7 Å². The molecule has 1 heterocycles. The molecule has 1 aromatic heterocycles. The van der Waals surface area contributed by atoms with Crippen molar-refractivity contribution in [1.82, 2.24) is 4.98 Å². The lowest BCUT2D eigenvalue weighted by molar-refractivity contribution is 0.296. The summed E-state index contributed by atoms with van der Waals surface area (Å²) in [4.78, 5) is 4.16. The van der Waals surface area contributed by atoms with E-state index in [-0.39, 0.29) is 18.4 Å². The first-order chi connectivity index (χ1) is 7.18. The Hall–Kier alpha value is -0.800. The number of rotatable bonds is 4. The van der Waals surface area contributed by atoms with Crippen LogP contribution in [-0.2, 0) is 0 Å². The molecule has 1 saturated carbocycles. The highest BCUT2D eigenvalue weighted by atomic mass is 35.5. The van der Waals surface area contributed by atoms with Gasteiger partial charge in [0.15, 0.2) is 0 Å². The van der Waals surface area contributed by atoms with Gasteiger partial charge < -0.3 is 10.5 Å². The summed E-state index contributed by atoms with van der Waals surface area (Å²) in [5, 5.41) is 0. The Morgan fingerprint density at radius 1 is 1.50 bits per heavy atom. The summed E-state index contributed by atoms with van der Waals surface area (Å²) < 4.78 is 5.73. The van der Waals surface area contributed by atoms with E-state index < -0.39 is 0 Å². The van der Waals surface area contributed by atoms with Crippen molar-refractivity contribution in [3.05, 3.63) is 23.5 Å². The van der Waals surface area contributed by atoms with Crippen LogP contribution in [-0.4, -0.2) is 11.6 Å². The Bertz CT molecular complexity index is 351. The Labute approximate surface area is 103 Å². The average Bonchev–Trinajstić information content (AvgIpc) is 2.99. The maximum absolute atomic E-state index is 5.86. The zero-order chi connectivity index (χ0) is 10.8. The highest BCUT2D eigenvalue weighted by molar-refractivity contribution is 5.85. The zero-order valence-corrected chi connectivity index (χ0v) is 10.6. The molecule has 1 aliphatic carbocycles. The van der Waals surface area contributed by atoms with Gasteiger partial charge >= 0.3 is 0 Å². The Morgan fingerprint density at radius 3 is 2.75 bits per heavy atom. The lowest BCUT2D eigenvalue weighted by Gasteiger charge is -2.13. The second-order valence-electron chi connectivity index (χ2n) is 4.39. The molecule has 0 amide bonds. The summed E-state index contributed by atoms with van der Waals surface area (Å²) in [6.45, 7) is 4.84. The molecule has 90 valence electrons. The van der Waals surface area contributed by atoms with Crippen LogP contribution >= 0.6 is 12.4 Å². The topological polar surface area (TPSA) is 48.1 Å². The van der Waals surface area contributed by atoms with Crippen LogP contribution in [0.25, 0.3) is 0 Å². The van der Waals surface area contributed by atoms with E-state index in [1.165, 1.54) is 12.8 Å². The molecule has 0 spiro atoms. The molecule has 1 aromatic rings. The third-order valence-corrected chi connectivity index (χ3v) is 2.87. The second-order valence-corrected chi connectivity index (χ2v) is 4.39. The molecule has 1 fully saturated rings. The van der Waals surface area contributed by atoms with Crippen molar-refractivity contribution in [2.45, 2.75) is 32.7 Å². The molecule has 16 heavy (non-hydrogen) atoms. The molecule has 0 radical (unpaired) electrons. The van der Waals surface area contributed by atoms with Gasteiger partial charge in [-0.25, -0.2) is 0 Å². The van der Waals surface area contributed by atoms with Crippen LogP contribution in [0.15, 0.2) is 12.4 Å². The van der Waals surface area contributed by atoms with Gasteiger partial charge in [0.2, 0.25) is 0 Å². The summed E-state index contributed by atoms with van der Waals surface area (Å²) >= 11 is 0. The zero-order valence-electron chi connectivity index (χ0n) is 9.77. The molecule has 0 aliphatic heterocycles. The first-order valence-corrected chi connectivity index (χ1v) is 5.51. The third kappa shape index (κ3) is 3.09. The number of hydrogen-bond acceptors (Lipinski definition) is 3. The standard InChI is InChI=1S/C12H18N2O.ClH/c1-8-11(9(2)13)5-14-6-12(8)15-7-10-3-4-10;/h5-6,9-10H,3-4,7,13H2,1-2H3;1H. The Morgan fingerprint density at radius 2 is 2.19 bits per heavy atom. The van der Waals surface area contributed by atoms with E-state index in [0.29, 0.717) is 0 Å². The second kappa shape index (κ2) is 5.51. The molecule has 0 bridgehead atoms. The van der Waals surface area contributed by atoms with Crippen LogP contribution in [0.4, 0.5) is 0 Å². The summed E-state index contributed by atoms with van der Waals surface area (Å²) in [7, 11) is 0. The van der Waals surface area contributed by atoms with Gasteiger partial charge in [-0.05, 0) is 43.7 Å². The average molecular weight is 243 g/mol. The molecule has 2 rings (SSSR count). The van der Waals surface area contributed by atoms with E-state index in [1.807, 2.05) is 20.0 Å². The molecule has 1 atom stereocenters. The van der Waals surface area contributed by atoms with Gasteiger partial charge in [0.25, 0.3) is 0 Å². The van der Waals surface area contributed by atoms with Crippen molar-refractivity contribution in [2.75, 3.05) is 6.61 Å². The van der Waals surface area contributed by atoms with Gasteiger partial charge in [0.1, 0.15) is 5.75 Å². The fraction of sp³-hybridized carbons (Fsp3) is 0.583. The number of aromatic nitrogens is 1. The molecule has 1 unspecified atom stereocenters. The minimum atomic E-state index is 0. The predicted molar refractivity (Wildman–Crippen MR) is 67.0 cm³/mol. The molecule has 0 saturated heterocycles. The van der Waals surface area contributed by atoms with Crippen LogP contribution in [0.2, 0.25) is 0 Å². The maximum Gasteiger partial charge on any atom is 0.140 e. The van der Waals surface area contributed by atoms with E-state index in [9.17, 15) is 0 Å². The Balaban J connectivity index is 0.00000128. The van der Waals surface area contributed by atoms with Crippen LogP contribution in [0.3, 0.4) is 0 Å². The molecular formula is C12H19ClN2O. The fourth-order valence-electron chi connectivity index (χ4n) is 1.62. The summed E-state index contributed by atoms with van der Waals surface area (Å²) in [6.07, 6.45) is 6.21. The quantitative estimate of drug-likeness (QED) is 0.883. The first-order valence-electron chi connectivity index (χ1n) is 5.51. The highest BCUT2D eigenvalue weighted by Gasteiger charge is 2.22. The van der Waals surface area contributed by atoms with Crippen molar-refractivity contribution in [3.63, 3.8) is 0 Å². The van der Waals surface area contributed by atoms with E-state index in [2.05, 4.69) is 4.98 Å². The number of ether oxygens (including phenoxy) is 1. The van der Waals surface area contributed by atoms with Crippen LogP contribution in [0.1, 0.15) is 36.9 Å². The molecule has 1 aliphatic rings. The van der Waals surface area contributed by atoms with Gasteiger partial charge in [-0.3, -0.25) is 4.98 Å². The van der Waals surface area contributed by atoms with Crippen LogP contribution < -0.4 is 10.5 Å². The first kappa shape index (κ1) is 13.3. The molecule has 2 N–H and O–H groups in total. The van der Waals surface area contributed by atoms with E-state index in [4.69, 9.17) is 10.5 Å². The van der Waals surface area contributed by atoms with Crippen LogP contribution in [0, 0.1) is 12.8 Å². The van der Waals surface area contributed by atoms with Gasteiger partial charge in [-0.15, -0.1) is 12.4 Å². The smallest absolute Gasteiger partial charge is 0.140 e. The summed E-state index contributed by atoms with van der Waals surface area (Å²) in [6, 6.07) is 0.0157. The van der Waals surface area contributed by atoms with Gasteiger partial charge in [0.05, 0.1) is 12.8 Å². The van der Waals surface area contributed by atoms with E-state index in [0.717, 1.165) is 29.4 Å². The summed E-state index contributed by atoms with van der Waals surface area (Å²) in [5.41, 5.74) is 8.05. The van der Waals surface area contributed by atoms with E-state index in [1.54, 1.807) is 6.20 Å². The fourth-order valence-corrected chi connectivity index (χ4v) is 1.62. The monoisotopic (exact) mass is 242 g/mol. The van der Waals surface area contributed by atoms with Crippen molar-refractivity contribution < 1.29 is 4.74 Å². The minimum Gasteiger partial charge on any atom is -0.491 e. The SMILES string of the molecule is Cc1c(OCC2CC2)cncc1C(C)N.Cl. The predicted octanol–water partition coefficient (Wildman–Crippen LogP) is 2.62. The van der Waals surface area contributed by atoms with E-state index >= 15 is 0 Å². The third-order valence-electron chi connectivity index (χ3n) is 2.87. The molecule has 4 heteroatoms. The van der Waals surface area contributed by atoms with Gasteiger partial charge in [-0.1, -0.05) is 0 Å². The number of nitrogens with zero attached hydrogens (tertiary/aromatic N) is 1. The lowest BCUT2D eigenvalue weighted by atomic mass is 10.1. The van der Waals surface area contributed by atoms with Crippen LogP contribution in [0.5, 0.6) is 5.75 Å². The Kier molecular flexibility index (Phi) is 4.56. The molecule has 3 nitrogen and oxygen atoms in total. The van der Waals surface area contributed by atoms with Crippen molar-refractivity contribution in [1.29, 1.82) is 0 Å². The lowest BCUT2D eigenvalue weighted by Crippen LogP contribution is -2.09. The van der Waals surface area contributed by atoms with Gasteiger partial charge in [-0.2, -0.15) is 0 Å². The number of nitrogens with two attached hydrogens (primary N) is 1. The maximum atomic E-state index is 5.86. The normalized spacial score (nSPS) is 16.4. The molecule has 0 aromatic carbocycles. The van der Waals surface area contributed by atoms with Crippen molar-refractivity contribution in [3.8, 4) is 5.75 Å². The minimum absolute atomic E-state index is 0. The van der Waals surface area contributed by atoms with Crippen molar-refractivity contribution >= 4 is 12.4 Å². The van der Waals surface area contributed by atoms with Gasteiger partial charge in [0, 0.05) is 12.2 Å². The summed E-state index contributed by atoms with van der Waals surface area (Å²) in [5.74, 6) is 1.65. The number of hydrogen-bond donors (Lipinski definition) is 1. The number of pyridine rings is 1.